The van der Waals surface area contributed by atoms with Gasteiger partial charge in [0.15, 0.2) is 58.2 Å². The Morgan fingerprint density at radius 1 is 0.305 bits per heavy atom. The zero-order valence-electron chi connectivity index (χ0n) is 71.8. The second-order valence-corrected chi connectivity index (χ2v) is 36.5. The minimum atomic E-state index is -2.28. The summed E-state index contributed by atoms with van der Waals surface area (Å²) in [6.07, 6.45) is 25.4. The van der Waals surface area contributed by atoms with Gasteiger partial charge in [-0.3, -0.25) is 19.2 Å². The van der Waals surface area contributed by atoms with Gasteiger partial charge in [-0.15, -0.1) is 0 Å². The molecule has 0 aliphatic heterocycles. The van der Waals surface area contributed by atoms with Crippen LogP contribution in [-0.2, 0) is 111 Å². The van der Waals surface area contributed by atoms with Crippen molar-refractivity contribution in [3.8, 4) is 45.0 Å². The van der Waals surface area contributed by atoms with Gasteiger partial charge < -0.3 is 21.3 Å². The number of fused-ring (bicyclic) bond motifs is 12. The van der Waals surface area contributed by atoms with Gasteiger partial charge in [-0.25, -0.2) is 88.2 Å². The Kier molecular flexibility index (Phi) is 28.2. The van der Waals surface area contributed by atoms with Crippen molar-refractivity contribution in [1.82, 2.24) is 39.9 Å². The first-order valence-corrected chi connectivity index (χ1v) is 46.2. The molecule has 28 heteroatoms. The molecule has 0 bridgehead atoms. The highest BCUT2D eigenvalue weighted by Crippen LogP contribution is 2.43. The van der Waals surface area contributed by atoms with E-state index >= 15 is 0 Å². The molecule has 16 nitrogen and oxygen atoms in total. The van der Waals surface area contributed by atoms with Crippen molar-refractivity contribution in [2.75, 3.05) is 21.3 Å². The van der Waals surface area contributed by atoms with E-state index in [0.717, 1.165) is 181 Å². The summed E-state index contributed by atoms with van der Waals surface area (Å²) in [5.41, 5.74) is 16.9. The van der Waals surface area contributed by atoms with Gasteiger partial charge in [0.25, 0.3) is 5.91 Å². The number of rotatable bonds is 19. The maximum Gasteiger partial charge on any atom is 0.256 e. The minimum absolute atomic E-state index is 0.0774. The number of hydrogen-bond donors (Lipinski definition) is 4. The normalized spacial score (nSPS) is 15.3. The number of halogens is 12. The average molecular weight is 1900 g/mol. The summed E-state index contributed by atoms with van der Waals surface area (Å²) in [6, 6.07) is 39.6. The number of hydrogen-bond acceptors (Lipinski definition) is 12. The number of nitrogens with zero attached hydrogens (tertiary/aromatic N) is 8. The standard InChI is InChI=1S/C26H21F6N3O.C26H24F3N3O.C26H25FIN3O.C25H24FN3O/c27-14-6-7-15-13(10-14)5-8-17-25(15)33-18(9-12-3-1-2-4-12)26(34-17)35-19(36)11-16-20(28)22(30)24(32)23(31)21(16)29;27-18-7-8-19-17(14-18)6-10-22-25(19)30-23(12-15-3-1-2-4-15)26(31-22)32-24(33)13-16-5-9-20(28)21(29)11-16;27-19-8-11-21-18(15-19)7-12-22-25(21)29-23(13-16-3-1-2-4-16)26(30-22)31-24(32)14-17-5-9-20(28)10-6-17;26-19-11-12-20-18(15-19)10-13-21-23(20)27-22(14-16-6-4-5-7-16)24(28-21)29-25(30)17-8-2-1-3-9-17/h6-7,10,12H,1-5,8-9,11H2,(H,34,35,36);5,7-9,11,14-15H,1-4,6,10,12-13H2,(H,31,32,33);5-6,8-11,15-16H,1-4,7,12-14H2,(H,30,31,32);1-3,8-9,11-12,15-16H,4-7,10,13-14H2,(H,28,29,30). The summed E-state index contributed by atoms with van der Waals surface area (Å²) < 4.78 is 151. The van der Waals surface area contributed by atoms with Crippen molar-refractivity contribution < 1.29 is 67.5 Å². The topological polar surface area (TPSA) is 220 Å². The number of aromatic nitrogens is 8. The monoisotopic (exact) mass is 1900 g/mol. The lowest BCUT2D eigenvalue weighted by atomic mass is 9.91. The van der Waals surface area contributed by atoms with E-state index < -0.39 is 58.6 Å². The van der Waals surface area contributed by atoms with E-state index in [1.54, 1.807) is 48.5 Å². The average Bonchev–Trinajstić information content (AvgIpc) is 1.13. The molecule has 674 valence electrons. The molecular formula is C103H94F11IN12O4. The molecule has 8 aliphatic carbocycles. The molecule has 0 unspecified atom stereocenters. The Morgan fingerprint density at radius 3 is 0.947 bits per heavy atom. The highest BCUT2D eigenvalue weighted by atomic mass is 127. The summed E-state index contributed by atoms with van der Waals surface area (Å²) in [5, 5.41) is 11.4. The molecule has 4 aromatic heterocycles. The van der Waals surface area contributed by atoms with Crippen LogP contribution in [0.5, 0.6) is 0 Å². The Balaban J connectivity index is 0.000000122. The van der Waals surface area contributed by atoms with Crippen LogP contribution in [0.25, 0.3) is 45.0 Å². The van der Waals surface area contributed by atoms with E-state index in [-0.39, 0.29) is 53.2 Å². The number of aryl methyl sites for hydroxylation is 8. The predicted molar refractivity (Wildman–Crippen MR) is 485 cm³/mol. The first kappa shape index (κ1) is 90.8. The fourth-order valence-corrected chi connectivity index (χ4v) is 19.8. The van der Waals surface area contributed by atoms with Gasteiger partial charge >= 0.3 is 0 Å². The molecule has 4 fully saturated rings. The molecule has 20 rings (SSSR count). The van der Waals surface area contributed by atoms with Gasteiger partial charge in [0.1, 0.15) is 23.3 Å². The first-order valence-electron chi connectivity index (χ1n) is 45.1. The van der Waals surface area contributed by atoms with E-state index in [4.69, 9.17) is 34.9 Å². The smallest absolute Gasteiger partial charge is 0.256 e. The second-order valence-electron chi connectivity index (χ2n) is 35.3. The van der Waals surface area contributed by atoms with Gasteiger partial charge in [-0.1, -0.05) is 139 Å². The second kappa shape index (κ2) is 40.7. The maximum atomic E-state index is 14.1. The summed E-state index contributed by atoms with van der Waals surface area (Å²) in [6.45, 7) is 0. The molecular weight excluding hydrogens is 1810 g/mol. The molecule has 8 aromatic carbocycles. The summed E-state index contributed by atoms with van der Waals surface area (Å²) >= 11 is 2.26. The highest BCUT2D eigenvalue weighted by molar-refractivity contribution is 14.1. The van der Waals surface area contributed by atoms with Crippen LogP contribution in [0.2, 0.25) is 0 Å². The van der Waals surface area contributed by atoms with Crippen LogP contribution in [0, 0.1) is 91.2 Å². The third-order valence-electron chi connectivity index (χ3n) is 26.1. The number of anilines is 4. The van der Waals surface area contributed by atoms with Crippen LogP contribution >= 0.6 is 22.6 Å². The molecule has 8 aliphatic rings. The maximum absolute atomic E-state index is 14.1. The molecule has 0 spiro atoms. The summed E-state index contributed by atoms with van der Waals surface area (Å²) in [4.78, 5) is 89.8. The molecule has 0 atom stereocenters. The Bertz CT molecular complexity index is 6330. The third-order valence-corrected chi connectivity index (χ3v) is 26.8. The lowest BCUT2D eigenvalue weighted by Gasteiger charge is -2.22. The number of carbonyl (C=O) groups excluding carboxylic acids is 4. The van der Waals surface area contributed by atoms with Crippen LogP contribution in [0.1, 0.15) is 198 Å². The van der Waals surface area contributed by atoms with Crippen LogP contribution < -0.4 is 21.3 Å². The first-order chi connectivity index (χ1) is 63.4. The van der Waals surface area contributed by atoms with Crippen LogP contribution in [0.3, 0.4) is 0 Å². The lowest BCUT2D eigenvalue weighted by Crippen LogP contribution is -2.22. The molecule has 4 saturated carbocycles. The molecule has 0 radical (unpaired) electrons. The third kappa shape index (κ3) is 21.6. The quantitative estimate of drug-likeness (QED) is 0.0257. The van der Waals surface area contributed by atoms with E-state index in [0.29, 0.717) is 127 Å². The number of nitrogens with one attached hydrogen (secondary N) is 4. The molecule has 4 heterocycles. The van der Waals surface area contributed by atoms with E-state index in [1.807, 2.05) is 48.5 Å². The zero-order chi connectivity index (χ0) is 91.1. The van der Waals surface area contributed by atoms with Crippen molar-refractivity contribution in [2.45, 2.75) is 199 Å². The van der Waals surface area contributed by atoms with Crippen molar-refractivity contribution in [3.05, 3.63) is 303 Å². The van der Waals surface area contributed by atoms with Gasteiger partial charge in [0.2, 0.25) is 23.5 Å². The van der Waals surface area contributed by atoms with E-state index in [1.165, 1.54) is 101 Å². The minimum Gasteiger partial charge on any atom is -0.309 e. The van der Waals surface area contributed by atoms with Gasteiger partial charge in [-0.05, 0) is 266 Å². The van der Waals surface area contributed by atoms with Crippen LogP contribution in [0.4, 0.5) is 71.6 Å². The van der Waals surface area contributed by atoms with Crippen molar-refractivity contribution >= 4 is 69.5 Å². The van der Waals surface area contributed by atoms with E-state index in [9.17, 15) is 67.5 Å². The molecule has 4 N–H and O–H groups in total. The van der Waals surface area contributed by atoms with Gasteiger partial charge in [0, 0.05) is 37.0 Å². The number of carbonyl (C=O) groups is 4. The Hall–Kier alpha value is -12.1. The van der Waals surface area contributed by atoms with Crippen LogP contribution in [-0.4, -0.2) is 63.5 Å². The number of amides is 4. The van der Waals surface area contributed by atoms with Crippen molar-refractivity contribution in [1.29, 1.82) is 0 Å². The molecule has 12 aromatic rings. The largest absolute Gasteiger partial charge is 0.309 e. The molecule has 0 saturated heterocycles. The fraction of sp³-hybridized carbons (Fsp3) is 0.340. The Morgan fingerprint density at radius 2 is 0.611 bits per heavy atom. The van der Waals surface area contributed by atoms with E-state index in [2.05, 4.69) is 48.8 Å². The summed E-state index contributed by atoms with van der Waals surface area (Å²) in [5.74, 6) is -11.6. The molecule has 4 amide bonds. The van der Waals surface area contributed by atoms with Crippen molar-refractivity contribution in [2.24, 2.45) is 23.7 Å². The Labute approximate surface area is 764 Å². The predicted octanol–water partition coefficient (Wildman–Crippen LogP) is 22.8. The number of benzene rings is 8. The molecule has 131 heavy (non-hydrogen) atoms. The fourth-order valence-electron chi connectivity index (χ4n) is 19.4. The van der Waals surface area contributed by atoms with Gasteiger partial charge in [-0.2, -0.15) is 0 Å². The zero-order valence-corrected chi connectivity index (χ0v) is 74.0. The summed E-state index contributed by atoms with van der Waals surface area (Å²) in [7, 11) is 0. The highest BCUT2D eigenvalue weighted by Gasteiger charge is 2.34. The van der Waals surface area contributed by atoms with Crippen molar-refractivity contribution in [3.63, 3.8) is 0 Å². The van der Waals surface area contributed by atoms with Crippen LogP contribution in [0.15, 0.2) is 146 Å². The van der Waals surface area contributed by atoms with Gasteiger partial charge in [0.05, 0.1) is 87.6 Å². The SMILES string of the molecule is O=C(Cc1c(F)c(F)c(F)c(F)c1F)Nc1nc2c(nc1CC1CCCC1)-c1ccc(F)cc1CC2.O=C(Cc1ccc(F)c(F)c1)Nc1nc2c(nc1CC1CCCC1)-c1ccc(F)cc1CC2.O=C(Cc1ccc(I)cc1)Nc1nc2c(nc1CC1CCCC1)-c1ccc(F)cc1CC2.O=C(Nc1nc2c(nc1CC1CCCC1)-c1ccc(F)cc1CC2)c1ccccc1. The lowest BCUT2D eigenvalue weighted by molar-refractivity contribution is -0.116.